The average Bonchev–Trinajstić information content (AvgIpc) is 3.17. The van der Waals surface area contributed by atoms with Crippen LogP contribution in [0.25, 0.3) is 0 Å². The minimum Gasteiger partial charge on any atom is -0.478 e. The van der Waals surface area contributed by atoms with Crippen molar-refractivity contribution in [2.45, 2.75) is 44.7 Å². The molecule has 0 aromatic carbocycles. The zero-order chi connectivity index (χ0) is 15.4. The largest absolute Gasteiger partial charge is 0.478 e. The molecule has 0 aliphatic carbocycles. The Labute approximate surface area is 132 Å². The summed E-state index contributed by atoms with van der Waals surface area (Å²) in [5.74, 6) is 1.60. The highest BCUT2D eigenvalue weighted by Crippen LogP contribution is 2.28. The lowest BCUT2D eigenvalue weighted by Crippen LogP contribution is -2.43. The van der Waals surface area contributed by atoms with Crippen LogP contribution >= 0.6 is 0 Å². The summed E-state index contributed by atoms with van der Waals surface area (Å²) in [7, 11) is 0. The van der Waals surface area contributed by atoms with Crippen molar-refractivity contribution in [1.29, 1.82) is 0 Å². The summed E-state index contributed by atoms with van der Waals surface area (Å²) in [4.78, 5) is 13.4. The molecule has 0 amide bonds. The molecule has 1 aromatic heterocycles. The molecule has 2 saturated heterocycles. The molecule has 2 aliphatic rings. The quantitative estimate of drug-likeness (QED) is 0.855. The molecule has 2 aliphatic heterocycles. The molecule has 1 N–H and O–H groups in total. The maximum atomic E-state index is 9.50. The molecule has 0 unspecified atom stereocenters. The lowest BCUT2D eigenvalue weighted by atomic mass is 10.2. The Morgan fingerprint density at radius 3 is 2.86 bits per heavy atom. The van der Waals surface area contributed by atoms with Crippen LogP contribution in [0.4, 0.5) is 5.82 Å². The number of aromatic nitrogens is 2. The van der Waals surface area contributed by atoms with Gasteiger partial charge < -0.3 is 14.7 Å². The topological polar surface area (TPSA) is 61.7 Å². The minimum absolute atomic E-state index is 0.273. The summed E-state index contributed by atoms with van der Waals surface area (Å²) < 4.78 is 5.49. The summed E-state index contributed by atoms with van der Waals surface area (Å²) in [5, 5.41) is 9.50. The van der Waals surface area contributed by atoms with Crippen LogP contribution < -0.4 is 9.64 Å². The standard InChI is InChI=1S/C16H26N4O2/c1-2-22-16-9-15(17-12-18-16)20-8-4-5-13(20)10-19-7-3-6-14(19)11-21/h9,12-14,21H,2-8,10-11H2,1H3/t13-,14-/m0/s1. The van der Waals surface area contributed by atoms with Crippen LogP contribution in [0.15, 0.2) is 12.4 Å². The summed E-state index contributed by atoms with van der Waals surface area (Å²) in [6.45, 7) is 6.00. The van der Waals surface area contributed by atoms with Crippen LogP contribution in [-0.4, -0.2) is 64.9 Å². The SMILES string of the molecule is CCOc1cc(N2CCC[C@H]2CN2CCC[C@H]2CO)ncn1. The van der Waals surface area contributed by atoms with E-state index in [2.05, 4.69) is 19.8 Å². The molecular weight excluding hydrogens is 280 g/mol. The van der Waals surface area contributed by atoms with Crippen molar-refractivity contribution < 1.29 is 9.84 Å². The van der Waals surface area contributed by atoms with E-state index >= 15 is 0 Å². The van der Waals surface area contributed by atoms with Gasteiger partial charge in [-0.1, -0.05) is 0 Å². The molecule has 0 saturated carbocycles. The summed E-state index contributed by atoms with van der Waals surface area (Å²) in [5.41, 5.74) is 0. The van der Waals surface area contributed by atoms with Gasteiger partial charge >= 0.3 is 0 Å². The third kappa shape index (κ3) is 3.33. The highest BCUT2D eigenvalue weighted by atomic mass is 16.5. The zero-order valence-corrected chi connectivity index (χ0v) is 13.3. The minimum atomic E-state index is 0.273. The fourth-order valence-electron chi connectivity index (χ4n) is 3.65. The van der Waals surface area contributed by atoms with E-state index in [9.17, 15) is 5.11 Å². The van der Waals surface area contributed by atoms with E-state index in [1.807, 2.05) is 13.0 Å². The van der Waals surface area contributed by atoms with E-state index in [-0.39, 0.29) is 6.61 Å². The predicted molar refractivity (Wildman–Crippen MR) is 85.2 cm³/mol. The number of hydrogen-bond acceptors (Lipinski definition) is 6. The number of ether oxygens (including phenoxy) is 1. The van der Waals surface area contributed by atoms with Gasteiger partial charge in [-0.3, -0.25) is 4.90 Å². The van der Waals surface area contributed by atoms with Gasteiger partial charge in [0.05, 0.1) is 13.2 Å². The Bertz CT molecular complexity index is 485. The number of nitrogens with zero attached hydrogens (tertiary/aromatic N) is 4. The monoisotopic (exact) mass is 306 g/mol. The summed E-state index contributed by atoms with van der Waals surface area (Å²) in [6.07, 6.45) is 6.27. The molecule has 122 valence electrons. The first-order valence-corrected chi connectivity index (χ1v) is 8.38. The molecule has 22 heavy (non-hydrogen) atoms. The van der Waals surface area contributed by atoms with Crippen molar-refractivity contribution in [3.8, 4) is 5.88 Å². The van der Waals surface area contributed by atoms with Crippen LogP contribution in [0.5, 0.6) is 5.88 Å². The van der Waals surface area contributed by atoms with E-state index in [0.717, 1.165) is 31.9 Å². The highest BCUT2D eigenvalue weighted by Gasteiger charge is 2.32. The van der Waals surface area contributed by atoms with Crippen molar-refractivity contribution in [1.82, 2.24) is 14.9 Å². The number of anilines is 1. The van der Waals surface area contributed by atoms with Gasteiger partial charge in [-0.2, -0.15) is 0 Å². The van der Waals surface area contributed by atoms with E-state index in [1.54, 1.807) is 6.33 Å². The summed E-state index contributed by atoms with van der Waals surface area (Å²) in [6, 6.07) is 2.75. The van der Waals surface area contributed by atoms with Gasteiger partial charge in [0.15, 0.2) is 0 Å². The first-order valence-electron chi connectivity index (χ1n) is 8.38. The molecule has 1 aromatic rings. The third-order valence-electron chi connectivity index (χ3n) is 4.75. The third-order valence-corrected chi connectivity index (χ3v) is 4.75. The number of likely N-dealkylation sites (tertiary alicyclic amines) is 1. The maximum Gasteiger partial charge on any atom is 0.218 e. The first kappa shape index (κ1) is 15.5. The van der Waals surface area contributed by atoms with Gasteiger partial charge in [-0.05, 0) is 39.2 Å². The van der Waals surface area contributed by atoms with E-state index < -0.39 is 0 Å². The lowest BCUT2D eigenvalue weighted by molar-refractivity contribution is 0.153. The molecule has 2 atom stereocenters. The van der Waals surface area contributed by atoms with Crippen molar-refractivity contribution in [2.75, 3.05) is 37.7 Å². The van der Waals surface area contributed by atoms with E-state index in [1.165, 1.54) is 19.3 Å². The normalized spacial score (nSPS) is 25.8. The number of rotatable bonds is 6. The Balaban J connectivity index is 1.68. The molecular formula is C16H26N4O2. The molecule has 3 heterocycles. The molecule has 0 bridgehead atoms. The molecule has 0 spiro atoms. The molecule has 0 radical (unpaired) electrons. The van der Waals surface area contributed by atoms with Crippen LogP contribution in [0.3, 0.4) is 0 Å². The van der Waals surface area contributed by atoms with Crippen molar-refractivity contribution in [2.24, 2.45) is 0 Å². The highest BCUT2D eigenvalue weighted by molar-refractivity contribution is 5.43. The predicted octanol–water partition coefficient (Wildman–Crippen LogP) is 1.30. The lowest BCUT2D eigenvalue weighted by Gasteiger charge is -2.31. The van der Waals surface area contributed by atoms with E-state index in [4.69, 9.17) is 4.74 Å². The van der Waals surface area contributed by atoms with Crippen molar-refractivity contribution in [3.63, 3.8) is 0 Å². The Morgan fingerprint density at radius 1 is 1.23 bits per heavy atom. The Kier molecular flexibility index (Phi) is 5.10. The van der Waals surface area contributed by atoms with Crippen LogP contribution in [0, 0.1) is 0 Å². The summed E-state index contributed by atoms with van der Waals surface area (Å²) >= 11 is 0. The fourth-order valence-corrected chi connectivity index (χ4v) is 3.65. The van der Waals surface area contributed by atoms with Gasteiger partial charge in [0.1, 0.15) is 12.1 Å². The zero-order valence-electron chi connectivity index (χ0n) is 13.3. The van der Waals surface area contributed by atoms with Gasteiger partial charge in [-0.15, -0.1) is 0 Å². The number of hydrogen-bond donors (Lipinski definition) is 1. The fraction of sp³-hybridized carbons (Fsp3) is 0.750. The van der Waals surface area contributed by atoms with Crippen LogP contribution in [0.1, 0.15) is 32.6 Å². The van der Waals surface area contributed by atoms with Crippen molar-refractivity contribution >= 4 is 5.82 Å². The molecule has 2 fully saturated rings. The smallest absolute Gasteiger partial charge is 0.218 e. The number of aliphatic hydroxyl groups excluding tert-OH is 1. The maximum absolute atomic E-state index is 9.50. The Morgan fingerprint density at radius 2 is 2.05 bits per heavy atom. The Hall–Kier alpha value is -1.40. The van der Waals surface area contributed by atoms with Crippen LogP contribution in [0.2, 0.25) is 0 Å². The molecule has 6 heteroatoms. The van der Waals surface area contributed by atoms with Crippen molar-refractivity contribution in [3.05, 3.63) is 12.4 Å². The second-order valence-corrected chi connectivity index (χ2v) is 6.11. The second-order valence-electron chi connectivity index (χ2n) is 6.11. The van der Waals surface area contributed by atoms with Gasteiger partial charge in [0.25, 0.3) is 0 Å². The molecule has 3 rings (SSSR count). The average molecular weight is 306 g/mol. The first-order chi connectivity index (χ1) is 10.8. The van der Waals surface area contributed by atoms with Gasteiger partial charge in [0, 0.05) is 31.2 Å². The molecule has 6 nitrogen and oxygen atoms in total. The number of aliphatic hydroxyl groups is 1. The van der Waals surface area contributed by atoms with Gasteiger partial charge in [0.2, 0.25) is 5.88 Å². The van der Waals surface area contributed by atoms with Crippen LogP contribution in [-0.2, 0) is 0 Å². The van der Waals surface area contributed by atoms with E-state index in [0.29, 0.717) is 24.6 Å². The van der Waals surface area contributed by atoms with Gasteiger partial charge in [-0.25, -0.2) is 9.97 Å². The second kappa shape index (κ2) is 7.24.